The van der Waals surface area contributed by atoms with E-state index in [1.54, 1.807) is 6.92 Å². The third-order valence-corrected chi connectivity index (χ3v) is 3.23. The Kier molecular flexibility index (Phi) is 4.05. The standard InChI is InChI=1S/C17H17N3O2/c1-12-19-15-11-14(7-8-16(15)22-12)20-17(21)9-10-18-13-5-3-2-4-6-13/h2-8,11,18H,9-10H2,1H3,(H,20,21). The number of oxazole rings is 1. The molecule has 0 bridgehead atoms. The first-order chi connectivity index (χ1) is 10.7. The normalized spacial score (nSPS) is 10.6. The second-order valence-corrected chi connectivity index (χ2v) is 5.01. The van der Waals surface area contributed by atoms with Gasteiger partial charge in [-0.15, -0.1) is 0 Å². The summed E-state index contributed by atoms with van der Waals surface area (Å²) in [6.07, 6.45) is 0.394. The molecule has 22 heavy (non-hydrogen) atoms. The first-order valence-corrected chi connectivity index (χ1v) is 7.17. The van der Waals surface area contributed by atoms with Gasteiger partial charge in [0.1, 0.15) is 5.52 Å². The highest BCUT2D eigenvalue weighted by atomic mass is 16.3. The second kappa shape index (κ2) is 6.30. The lowest BCUT2D eigenvalue weighted by Crippen LogP contribution is -2.16. The number of rotatable bonds is 5. The summed E-state index contributed by atoms with van der Waals surface area (Å²) in [5.74, 6) is 0.577. The van der Waals surface area contributed by atoms with E-state index in [0.717, 1.165) is 22.5 Å². The topological polar surface area (TPSA) is 67.2 Å². The SMILES string of the molecule is Cc1nc2cc(NC(=O)CCNc3ccccc3)ccc2o1. The van der Waals surface area contributed by atoms with Crippen molar-refractivity contribution < 1.29 is 9.21 Å². The Balaban J connectivity index is 1.54. The summed E-state index contributed by atoms with van der Waals surface area (Å²) in [6, 6.07) is 15.3. The van der Waals surface area contributed by atoms with E-state index in [9.17, 15) is 4.79 Å². The summed E-state index contributed by atoms with van der Waals surface area (Å²) >= 11 is 0. The Morgan fingerprint density at radius 1 is 1.14 bits per heavy atom. The number of carbonyl (C=O) groups is 1. The van der Waals surface area contributed by atoms with Gasteiger partial charge in [0.05, 0.1) is 0 Å². The molecule has 0 aliphatic carbocycles. The van der Waals surface area contributed by atoms with E-state index in [1.165, 1.54) is 0 Å². The number of para-hydroxylation sites is 1. The number of hydrogen-bond donors (Lipinski definition) is 2. The van der Waals surface area contributed by atoms with Crippen molar-refractivity contribution >= 4 is 28.4 Å². The average Bonchev–Trinajstić information content (AvgIpc) is 2.87. The summed E-state index contributed by atoms with van der Waals surface area (Å²) < 4.78 is 5.41. The van der Waals surface area contributed by atoms with Crippen molar-refractivity contribution in [3.63, 3.8) is 0 Å². The molecule has 2 N–H and O–H groups in total. The van der Waals surface area contributed by atoms with Crippen molar-refractivity contribution in [3.05, 3.63) is 54.4 Å². The van der Waals surface area contributed by atoms with Crippen molar-refractivity contribution in [3.8, 4) is 0 Å². The highest BCUT2D eigenvalue weighted by Gasteiger charge is 2.06. The van der Waals surface area contributed by atoms with Crippen LogP contribution in [0.2, 0.25) is 0 Å². The summed E-state index contributed by atoms with van der Waals surface area (Å²) in [5, 5.41) is 6.08. The maximum atomic E-state index is 11.9. The molecule has 1 aromatic heterocycles. The molecular weight excluding hydrogens is 278 g/mol. The van der Waals surface area contributed by atoms with E-state index < -0.39 is 0 Å². The molecule has 0 fully saturated rings. The smallest absolute Gasteiger partial charge is 0.226 e. The Hall–Kier alpha value is -2.82. The van der Waals surface area contributed by atoms with Crippen LogP contribution in [0.3, 0.4) is 0 Å². The lowest BCUT2D eigenvalue weighted by atomic mass is 10.2. The van der Waals surface area contributed by atoms with Gasteiger partial charge in [-0.25, -0.2) is 4.98 Å². The van der Waals surface area contributed by atoms with E-state index in [0.29, 0.717) is 18.9 Å². The van der Waals surface area contributed by atoms with E-state index in [2.05, 4.69) is 15.6 Å². The van der Waals surface area contributed by atoms with Gasteiger partial charge >= 0.3 is 0 Å². The first-order valence-electron chi connectivity index (χ1n) is 7.17. The Labute approximate surface area is 128 Å². The number of aryl methyl sites for hydroxylation is 1. The molecule has 0 atom stereocenters. The molecule has 5 nitrogen and oxygen atoms in total. The third-order valence-electron chi connectivity index (χ3n) is 3.23. The number of hydrogen-bond acceptors (Lipinski definition) is 4. The molecule has 1 amide bonds. The predicted octanol–water partition coefficient (Wildman–Crippen LogP) is 3.58. The van der Waals surface area contributed by atoms with Crippen LogP contribution in [0.15, 0.2) is 52.9 Å². The number of nitrogens with zero attached hydrogens (tertiary/aromatic N) is 1. The molecule has 0 unspecified atom stereocenters. The molecule has 0 aliphatic heterocycles. The van der Waals surface area contributed by atoms with Crippen LogP contribution in [0.1, 0.15) is 12.3 Å². The van der Waals surface area contributed by atoms with Crippen LogP contribution in [0.25, 0.3) is 11.1 Å². The number of aromatic nitrogens is 1. The van der Waals surface area contributed by atoms with Gasteiger partial charge in [0, 0.05) is 31.3 Å². The van der Waals surface area contributed by atoms with E-state index in [-0.39, 0.29) is 5.91 Å². The number of amides is 1. The molecule has 1 heterocycles. The van der Waals surface area contributed by atoms with Gasteiger partial charge in [0.25, 0.3) is 0 Å². The highest BCUT2D eigenvalue weighted by Crippen LogP contribution is 2.19. The lowest BCUT2D eigenvalue weighted by Gasteiger charge is -2.07. The summed E-state index contributed by atoms with van der Waals surface area (Å²) in [4.78, 5) is 16.2. The molecule has 0 aliphatic rings. The van der Waals surface area contributed by atoms with Gasteiger partial charge in [0.2, 0.25) is 5.91 Å². The second-order valence-electron chi connectivity index (χ2n) is 5.01. The maximum absolute atomic E-state index is 11.9. The van der Waals surface area contributed by atoms with Gasteiger partial charge < -0.3 is 15.1 Å². The zero-order valence-electron chi connectivity index (χ0n) is 12.3. The molecule has 0 radical (unpaired) electrons. The van der Waals surface area contributed by atoms with Crippen LogP contribution in [0.5, 0.6) is 0 Å². The minimum atomic E-state index is -0.0389. The van der Waals surface area contributed by atoms with E-state index in [4.69, 9.17) is 4.42 Å². The van der Waals surface area contributed by atoms with Gasteiger partial charge in [-0.1, -0.05) is 18.2 Å². The van der Waals surface area contributed by atoms with Crippen LogP contribution < -0.4 is 10.6 Å². The molecule has 0 saturated heterocycles. The Morgan fingerprint density at radius 3 is 2.77 bits per heavy atom. The monoisotopic (exact) mass is 295 g/mol. The molecule has 112 valence electrons. The number of carbonyl (C=O) groups excluding carboxylic acids is 1. The highest BCUT2D eigenvalue weighted by molar-refractivity contribution is 5.93. The number of nitrogens with one attached hydrogen (secondary N) is 2. The number of benzene rings is 2. The van der Waals surface area contributed by atoms with Gasteiger partial charge in [0.15, 0.2) is 11.5 Å². The maximum Gasteiger partial charge on any atom is 0.226 e. The van der Waals surface area contributed by atoms with Crippen molar-refractivity contribution in [1.29, 1.82) is 0 Å². The molecule has 3 rings (SSSR count). The van der Waals surface area contributed by atoms with Crippen LogP contribution in [-0.2, 0) is 4.79 Å². The molecule has 0 saturated carbocycles. The zero-order valence-corrected chi connectivity index (χ0v) is 12.3. The minimum Gasteiger partial charge on any atom is -0.441 e. The van der Waals surface area contributed by atoms with Gasteiger partial charge in [-0.05, 0) is 30.3 Å². The van der Waals surface area contributed by atoms with Crippen molar-refractivity contribution in [2.75, 3.05) is 17.2 Å². The molecular formula is C17H17N3O2. The fourth-order valence-corrected chi connectivity index (χ4v) is 2.22. The van der Waals surface area contributed by atoms with Crippen LogP contribution in [-0.4, -0.2) is 17.4 Å². The molecule has 0 spiro atoms. The fourth-order valence-electron chi connectivity index (χ4n) is 2.22. The third kappa shape index (κ3) is 3.44. The van der Waals surface area contributed by atoms with Crippen molar-refractivity contribution in [2.45, 2.75) is 13.3 Å². The quantitative estimate of drug-likeness (QED) is 0.755. The van der Waals surface area contributed by atoms with E-state index >= 15 is 0 Å². The summed E-state index contributed by atoms with van der Waals surface area (Å²) in [5.41, 5.74) is 3.21. The van der Waals surface area contributed by atoms with Crippen molar-refractivity contribution in [2.24, 2.45) is 0 Å². The molecule has 5 heteroatoms. The molecule has 2 aromatic carbocycles. The molecule has 3 aromatic rings. The summed E-state index contributed by atoms with van der Waals surface area (Å²) in [7, 11) is 0. The van der Waals surface area contributed by atoms with Gasteiger partial charge in [-0.2, -0.15) is 0 Å². The predicted molar refractivity (Wildman–Crippen MR) is 86.9 cm³/mol. The minimum absolute atomic E-state index is 0.0389. The largest absolute Gasteiger partial charge is 0.441 e. The van der Waals surface area contributed by atoms with E-state index in [1.807, 2.05) is 48.5 Å². The first kappa shape index (κ1) is 14.1. The lowest BCUT2D eigenvalue weighted by molar-refractivity contribution is -0.115. The number of anilines is 2. The van der Waals surface area contributed by atoms with Crippen LogP contribution in [0.4, 0.5) is 11.4 Å². The fraction of sp³-hybridized carbons (Fsp3) is 0.176. The Bertz CT molecular complexity index is 781. The van der Waals surface area contributed by atoms with Crippen LogP contribution >= 0.6 is 0 Å². The average molecular weight is 295 g/mol. The van der Waals surface area contributed by atoms with Crippen LogP contribution in [0, 0.1) is 6.92 Å². The Morgan fingerprint density at radius 2 is 1.95 bits per heavy atom. The van der Waals surface area contributed by atoms with Crippen molar-refractivity contribution in [1.82, 2.24) is 4.98 Å². The summed E-state index contributed by atoms with van der Waals surface area (Å²) in [6.45, 7) is 2.38. The van der Waals surface area contributed by atoms with Gasteiger partial charge in [-0.3, -0.25) is 4.79 Å². The number of fused-ring (bicyclic) bond motifs is 1. The zero-order chi connectivity index (χ0) is 15.4.